The van der Waals surface area contributed by atoms with Crippen molar-refractivity contribution in [2.24, 2.45) is 5.10 Å². The Balaban J connectivity index is 1.52. The number of carbonyl (C=O) groups is 1. The molecule has 0 spiro atoms. The van der Waals surface area contributed by atoms with Crippen LogP contribution in [0.1, 0.15) is 34.8 Å². The molecule has 0 aliphatic carbocycles. The van der Waals surface area contributed by atoms with E-state index in [-0.39, 0.29) is 18.2 Å². The van der Waals surface area contributed by atoms with Gasteiger partial charge in [0.25, 0.3) is 11.6 Å². The Hall–Kier alpha value is -4.20. The van der Waals surface area contributed by atoms with E-state index in [1.165, 1.54) is 18.3 Å². The van der Waals surface area contributed by atoms with Gasteiger partial charge in [-0.1, -0.05) is 19.1 Å². The second kappa shape index (κ2) is 11.3. The Morgan fingerprint density at radius 1 is 1.03 bits per heavy atom. The van der Waals surface area contributed by atoms with Crippen LogP contribution in [0.2, 0.25) is 0 Å². The fourth-order valence-electron chi connectivity index (χ4n) is 2.72. The van der Waals surface area contributed by atoms with E-state index in [0.717, 1.165) is 23.3 Å². The lowest BCUT2D eigenvalue weighted by Gasteiger charge is -2.07. The Morgan fingerprint density at radius 2 is 1.78 bits per heavy atom. The van der Waals surface area contributed by atoms with Crippen LogP contribution in [0.3, 0.4) is 0 Å². The molecule has 1 N–H and O–H groups in total. The summed E-state index contributed by atoms with van der Waals surface area (Å²) < 4.78 is 11.2. The molecule has 0 saturated carbocycles. The van der Waals surface area contributed by atoms with Crippen molar-refractivity contribution in [3.8, 4) is 11.5 Å². The molecule has 0 heterocycles. The molecule has 3 aromatic carbocycles. The highest BCUT2D eigenvalue weighted by molar-refractivity contribution is 5.95. The number of rotatable bonds is 10. The van der Waals surface area contributed by atoms with Crippen molar-refractivity contribution in [3.63, 3.8) is 0 Å². The van der Waals surface area contributed by atoms with Gasteiger partial charge in [0, 0.05) is 17.7 Å². The quantitative estimate of drug-likeness (QED) is 0.283. The lowest BCUT2D eigenvalue weighted by molar-refractivity contribution is -0.384. The van der Waals surface area contributed by atoms with Crippen LogP contribution in [0.5, 0.6) is 11.5 Å². The van der Waals surface area contributed by atoms with Crippen molar-refractivity contribution in [2.75, 3.05) is 6.61 Å². The minimum Gasteiger partial charge on any atom is -0.494 e. The molecule has 8 heteroatoms. The van der Waals surface area contributed by atoms with Crippen LogP contribution in [0.25, 0.3) is 0 Å². The summed E-state index contributed by atoms with van der Waals surface area (Å²) in [5.41, 5.74) is 4.57. The van der Waals surface area contributed by atoms with Crippen LogP contribution in [-0.2, 0) is 6.61 Å². The molecule has 0 aliphatic heterocycles. The van der Waals surface area contributed by atoms with E-state index in [2.05, 4.69) is 10.5 Å². The summed E-state index contributed by atoms with van der Waals surface area (Å²) in [7, 11) is 0. The minimum absolute atomic E-state index is 0.0368. The van der Waals surface area contributed by atoms with E-state index < -0.39 is 4.92 Å². The third-order valence-electron chi connectivity index (χ3n) is 4.38. The molecule has 164 valence electrons. The number of hydrazone groups is 1. The van der Waals surface area contributed by atoms with Gasteiger partial charge in [-0.25, -0.2) is 5.43 Å². The van der Waals surface area contributed by atoms with Crippen molar-refractivity contribution in [3.05, 3.63) is 99.6 Å². The fraction of sp³-hybridized carbons (Fsp3) is 0.167. The van der Waals surface area contributed by atoms with E-state index in [1.54, 1.807) is 48.5 Å². The van der Waals surface area contributed by atoms with Crippen molar-refractivity contribution < 1.29 is 19.2 Å². The van der Waals surface area contributed by atoms with Crippen LogP contribution in [0.15, 0.2) is 77.9 Å². The number of nitrogens with zero attached hydrogens (tertiary/aromatic N) is 2. The molecule has 0 saturated heterocycles. The van der Waals surface area contributed by atoms with Crippen LogP contribution in [-0.4, -0.2) is 23.7 Å². The zero-order chi connectivity index (χ0) is 22.8. The van der Waals surface area contributed by atoms with Gasteiger partial charge in [-0.15, -0.1) is 0 Å². The SMILES string of the molecule is CCCOc1ccc(C(=O)N/N=C/c2cccc(OCc3ccc([N+](=O)[O-])cc3)c2)cc1. The molecule has 0 radical (unpaired) electrons. The number of hydrogen-bond acceptors (Lipinski definition) is 6. The van der Waals surface area contributed by atoms with Gasteiger partial charge in [0.05, 0.1) is 17.7 Å². The second-order valence-electron chi connectivity index (χ2n) is 6.86. The highest BCUT2D eigenvalue weighted by Gasteiger charge is 2.06. The lowest BCUT2D eigenvalue weighted by atomic mass is 10.2. The first kappa shape index (κ1) is 22.5. The summed E-state index contributed by atoms with van der Waals surface area (Å²) in [6.07, 6.45) is 2.44. The molecule has 0 aliphatic rings. The maximum atomic E-state index is 12.2. The molecule has 3 rings (SSSR count). The van der Waals surface area contributed by atoms with Gasteiger partial charge in [-0.3, -0.25) is 14.9 Å². The Kier molecular flexibility index (Phi) is 7.91. The van der Waals surface area contributed by atoms with E-state index in [4.69, 9.17) is 9.47 Å². The largest absolute Gasteiger partial charge is 0.494 e. The average Bonchev–Trinajstić information content (AvgIpc) is 2.82. The summed E-state index contributed by atoms with van der Waals surface area (Å²) in [5, 5.41) is 14.7. The lowest BCUT2D eigenvalue weighted by Crippen LogP contribution is -2.17. The first-order valence-electron chi connectivity index (χ1n) is 10.1. The van der Waals surface area contributed by atoms with Gasteiger partial charge in [0.2, 0.25) is 0 Å². The zero-order valence-electron chi connectivity index (χ0n) is 17.6. The third-order valence-corrected chi connectivity index (χ3v) is 4.38. The van der Waals surface area contributed by atoms with E-state index in [0.29, 0.717) is 17.9 Å². The second-order valence-corrected chi connectivity index (χ2v) is 6.86. The number of nitro benzene ring substituents is 1. The van der Waals surface area contributed by atoms with Gasteiger partial charge in [-0.05, 0) is 66.1 Å². The number of ether oxygens (including phenoxy) is 2. The number of nitro groups is 1. The number of non-ortho nitro benzene ring substituents is 1. The van der Waals surface area contributed by atoms with Gasteiger partial charge < -0.3 is 9.47 Å². The van der Waals surface area contributed by atoms with Crippen LogP contribution < -0.4 is 14.9 Å². The van der Waals surface area contributed by atoms with Crippen LogP contribution in [0, 0.1) is 10.1 Å². The van der Waals surface area contributed by atoms with E-state index >= 15 is 0 Å². The summed E-state index contributed by atoms with van der Waals surface area (Å²) in [6.45, 7) is 2.93. The summed E-state index contributed by atoms with van der Waals surface area (Å²) in [6, 6.07) is 20.3. The predicted octanol–water partition coefficient (Wildman–Crippen LogP) is 4.73. The smallest absolute Gasteiger partial charge is 0.271 e. The van der Waals surface area contributed by atoms with Gasteiger partial charge in [0.15, 0.2) is 0 Å². The maximum Gasteiger partial charge on any atom is 0.271 e. The normalized spacial score (nSPS) is 10.7. The van der Waals surface area contributed by atoms with Gasteiger partial charge in [-0.2, -0.15) is 5.10 Å². The molecular weight excluding hydrogens is 410 g/mol. The van der Waals surface area contributed by atoms with Crippen molar-refractivity contribution >= 4 is 17.8 Å². The Morgan fingerprint density at radius 3 is 2.47 bits per heavy atom. The molecular formula is C24H23N3O5. The number of benzene rings is 3. The van der Waals surface area contributed by atoms with E-state index in [1.807, 2.05) is 19.1 Å². The molecule has 0 fully saturated rings. The predicted molar refractivity (Wildman–Crippen MR) is 121 cm³/mol. The first-order valence-corrected chi connectivity index (χ1v) is 10.1. The standard InChI is InChI=1S/C24H23N3O5/c1-2-14-31-22-12-8-20(9-13-22)24(28)26-25-16-19-4-3-5-23(15-19)32-17-18-6-10-21(11-7-18)27(29)30/h3-13,15-16H,2,14,17H2,1H3,(H,26,28)/b25-16+. The van der Waals surface area contributed by atoms with E-state index in [9.17, 15) is 14.9 Å². The average molecular weight is 433 g/mol. The Labute approximate surface area is 185 Å². The number of hydrogen-bond donors (Lipinski definition) is 1. The van der Waals surface area contributed by atoms with Crippen molar-refractivity contribution in [1.82, 2.24) is 5.43 Å². The molecule has 3 aromatic rings. The number of nitrogens with one attached hydrogen (secondary N) is 1. The highest BCUT2D eigenvalue weighted by atomic mass is 16.6. The van der Waals surface area contributed by atoms with Crippen molar-refractivity contribution in [1.29, 1.82) is 0 Å². The summed E-state index contributed by atoms with van der Waals surface area (Å²) in [4.78, 5) is 22.5. The van der Waals surface area contributed by atoms with Gasteiger partial charge >= 0.3 is 0 Å². The monoisotopic (exact) mass is 433 g/mol. The molecule has 0 bridgehead atoms. The molecule has 8 nitrogen and oxygen atoms in total. The molecule has 0 atom stereocenters. The maximum absolute atomic E-state index is 12.2. The van der Waals surface area contributed by atoms with Crippen LogP contribution in [0.4, 0.5) is 5.69 Å². The van der Waals surface area contributed by atoms with Crippen LogP contribution >= 0.6 is 0 Å². The fourth-order valence-corrected chi connectivity index (χ4v) is 2.72. The van der Waals surface area contributed by atoms with Gasteiger partial charge in [0.1, 0.15) is 18.1 Å². The first-order chi connectivity index (χ1) is 15.5. The minimum atomic E-state index is -0.441. The number of amides is 1. The van der Waals surface area contributed by atoms with Crippen molar-refractivity contribution in [2.45, 2.75) is 20.0 Å². The molecule has 32 heavy (non-hydrogen) atoms. The number of carbonyl (C=O) groups excluding carboxylic acids is 1. The zero-order valence-corrected chi connectivity index (χ0v) is 17.6. The molecule has 0 unspecified atom stereocenters. The molecule has 1 amide bonds. The summed E-state index contributed by atoms with van der Waals surface area (Å²) >= 11 is 0. The Bertz CT molecular complexity index is 1080. The third kappa shape index (κ3) is 6.66. The summed E-state index contributed by atoms with van der Waals surface area (Å²) in [5.74, 6) is 1.01. The highest BCUT2D eigenvalue weighted by Crippen LogP contribution is 2.17. The topological polar surface area (TPSA) is 103 Å². The molecule has 0 aromatic heterocycles.